The van der Waals surface area contributed by atoms with Gasteiger partial charge in [-0.05, 0) is 19.1 Å². The van der Waals surface area contributed by atoms with Crippen LogP contribution in [-0.2, 0) is 9.53 Å². The lowest BCUT2D eigenvalue weighted by atomic mass is 10.2. The van der Waals surface area contributed by atoms with Crippen LogP contribution in [0, 0.1) is 0 Å². The zero-order valence-electron chi connectivity index (χ0n) is 10.1. The van der Waals surface area contributed by atoms with Crippen molar-refractivity contribution < 1.29 is 9.53 Å². The Morgan fingerprint density at radius 3 is 3.06 bits per heavy atom. The molecule has 94 valence electrons. The number of para-hydroxylation sites is 1. The molecule has 18 heavy (non-hydrogen) atoms. The van der Waals surface area contributed by atoms with Crippen LogP contribution in [0.4, 0.5) is 0 Å². The van der Waals surface area contributed by atoms with Crippen LogP contribution >= 0.6 is 11.3 Å². The second-order valence-corrected chi connectivity index (χ2v) is 5.48. The van der Waals surface area contributed by atoms with E-state index in [1.807, 2.05) is 25.1 Å². The number of hydrogen-bond acceptors (Lipinski definition) is 5. The highest BCUT2D eigenvalue weighted by molar-refractivity contribution is 7.18. The first-order valence-corrected chi connectivity index (χ1v) is 6.84. The predicted octanol–water partition coefficient (Wildman–Crippen LogP) is 2.26. The van der Waals surface area contributed by atoms with E-state index < -0.39 is 0 Å². The molecular formula is C13H14N2O2S. The van der Waals surface area contributed by atoms with Crippen LogP contribution in [0.5, 0.6) is 0 Å². The number of hydrogen-bond donors (Lipinski definition) is 1. The van der Waals surface area contributed by atoms with Crippen molar-refractivity contribution >= 4 is 27.5 Å². The molecule has 4 nitrogen and oxygen atoms in total. The summed E-state index contributed by atoms with van der Waals surface area (Å²) in [6, 6.07) is 7.94. The summed E-state index contributed by atoms with van der Waals surface area (Å²) in [6.45, 7) is 2.55. The molecule has 1 aliphatic rings. The van der Waals surface area contributed by atoms with Gasteiger partial charge in [0.05, 0.1) is 22.9 Å². The average molecular weight is 262 g/mol. The number of nitrogens with one attached hydrogen (secondary N) is 1. The molecule has 1 aromatic carbocycles. The fraction of sp³-hybridized carbons (Fsp3) is 0.385. The fourth-order valence-corrected chi connectivity index (χ4v) is 3.07. The third-order valence-electron chi connectivity index (χ3n) is 3.07. The summed E-state index contributed by atoms with van der Waals surface area (Å²) in [4.78, 5) is 16.0. The number of carbonyl (C=O) groups is 1. The molecule has 2 atom stereocenters. The lowest BCUT2D eigenvalue weighted by Crippen LogP contribution is -2.34. The first-order valence-electron chi connectivity index (χ1n) is 6.02. The first-order chi connectivity index (χ1) is 8.74. The van der Waals surface area contributed by atoms with Gasteiger partial charge >= 0.3 is 5.97 Å². The number of cyclic esters (lactones) is 1. The van der Waals surface area contributed by atoms with Crippen molar-refractivity contribution in [1.29, 1.82) is 0 Å². The second-order valence-electron chi connectivity index (χ2n) is 4.42. The highest BCUT2D eigenvalue weighted by Crippen LogP contribution is 2.26. The molecule has 1 saturated heterocycles. The van der Waals surface area contributed by atoms with E-state index in [1.54, 1.807) is 11.3 Å². The van der Waals surface area contributed by atoms with E-state index in [4.69, 9.17) is 4.74 Å². The van der Waals surface area contributed by atoms with E-state index >= 15 is 0 Å². The molecule has 5 heteroatoms. The topological polar surface area (TPSA) is 51.2 Å². The smallest absolute Gasteiger partial charge is 0.323 e. The van der Waals surface area contributed by atoms with Crippen LogP contribution < -0.4 is 5.32 Å². The van der Waals surface area contributed by atoms with Gasteiger partial charge in [-0.15, -0.1) is 11.3 Å². The molecule has 2 aromatic rings. The van der Waals surface area contributed by atoms with Crippen LogP contribution in [0.3, 0.4) is 0 Å². The number of thiazole rings is 1. The molecule has 0 aliphatic carbocycles. The van der Waals surface area contributed by atoms with Crippen molar-refractivity contribution in [3.63, 3.8) is 0 Å². The zero-order chi connectivity index (χ0) is 12.5. The maximum absolute atomic E-state index is 11.4. The molecule has 0 saturated carbocycles. The van der Waals surface area contributed by atoms with Gasteiger partial charge in [0, 0.05) is 6.42 Å². The Hall–Kier alpha value is -1.46. The molecule has 2 heterocycles. The van der Waals surface area contributed by atoms with Gasteiger partial charge in [-0.2, -0.15) is 0 Å². The average Bonchev–Trinajstić information content (AvgIpc) is 2.96. The number of aromatic nitrogens is 1. The Labute approximate surface area is 109 Å². The number of benzene rings is 1. The summed E-state index contributed by atoms with van der Waals surface area (Å²) in [5.41, 5.74) is 1.01. The number of esters is 1. The lowest BCUT2D eigenvalue weighted by molar-refractivity contribution is -0.139. The Kier molecular flexibility index (Phi) is 3.01. The van der Waals surface area contributed by atoms with Crippen molar-refractivity contribution in [3.05, 3.63) is 29.3 Å². The van der Waals surface area contributed by atoms with E-state index in [0.29, 0.717) is 6.61 Å². The summed E-state index contributed by atoms with van der Waals surface area (Å²) in [5, 5.41) is 4.29. The van der Waals surface area contributed by atoms with Crippen molar-refractivity contribution in [2.75, 3.05) is 6.61 Å². The Morgan fingerprint density at radius 2 is 2.33 bits per heavy atom. The van der Waals surface area contributed by atoms with Gasteiger partial charge in [0.2, 0.25) is 0 Å². The monoisotopic (exact) mass is 262 g/mol. The quantitative estimate of drug-likeness (QED) is 0.862. The Morgan fingerprint density at radius 1 is 1.50 bits per heavy atom. The van der Waals surface area contributed by atoms with Gasteiger partial charge in [0.25, 0.3) is 0 Å². The molecule has 1 aliphatic heterocycles. The van der Waals surface area contributed by atoms with Gasteiger partial charge in [-0.3, -0.25) is 10.1 Å². The number of nitrogens with zero attached hydrogens (tertiary/aromatic N) is 1. The molecule has 0 amide bonds. The highest BCUT2D eigenvalue weighted by atomic mass is 32.1. The third kappa shape index (κ3) is 2.11. The van der Waals surface area contributed by atoms with Crippen LogP contribution in [0.15, 0.2) is 24.3 Å². The van der Waals surface area contributed by atoms with Crippen molar-refractivity contribution in [1.82, 2.24) is 10.3 Å². The molecule has 3 rings (SSSR count). The van der Waals surface area contributed by atoms with E-state index in [1.165, 1.54) is 4.70 Å². The summed E-state index contributed by atoms with van der Waals surface area (Å²) < 4.78 is 6.12. The predicted molar refractivity (Wildman–Crippen MR) is 70.5 cm³/mol. The zero-order valence-corrected chi connectivity index (χ0v) is 10.9. The van der Waals surface area contributed by atoms with E-state index in [0.717, 1.165) is 16.9 Å². The summed E-state index contributed by atoms with van der Waals surface area (Å²) in [5.74, 6) is -0.150. The first kappa shape index (κ1) is 11.6. The molecule has 0 spiro atoms. The lowest BCUT2D eigenvalue weighted by Gasteiger charge is -2.14. The number of ether oxygens (including phenoxy) is 1. The summed E-state index contributed by atoms with van der Waals surface area (Å²) >= 11 is 1.66. The van der Waals surface area contributed by atoms with Gasteiger partial charge in [0.15, 0.2) is 0 Å². The maximum Gasteiger partial charge on any atom is 0.323 e. The highest BCUT2D eigenvalue weighted by Gasteiger charge is 2.28. The van der Waals surface area contributed by atoms with Gasteiger partial charge < -0.3 is 4.74 Å². The van der Waals surface area contributed by atoms with Crippen LogP contribution in [0.25, 0.3) is 10.2 Å². The van der Waals surface area contributed by atoms with Gasteiger partial charge in [0.1, 0.15) is 11.0 Å². The minimum absolute atomic E-state index is 0.0676. The molecule has 0 radical (unpaired) electrons. The minimum atomic E-state index is -0.188. The molecule has 0 bridgehead atoms. The SMILES string of the molecule is CC(NC1CCOC1=O)c1nc2ccccc2s1. The minimum Gasteiger partial charge on any atom is -0.464 e. The van der Waals surface area contributed by atoms with Crippen molar-refractivity contribution in [2.24, 2.45) is 0 Å². The van der Waals surface area contributed by atoms with Crippen molar-refractivity contribution in [2.45, 2.75) is 25.4 Å². The molecule has 1 N–H and O–H groups in total. The molecule has 1 aromatic heterocycles. The number of rotatable bonds is 3. The van der Waals surface area contributed by atoms with Gasteiger partial charge in [-0.25, -0.2) is 4.98 Å². The van der Waals surface area contributed by atoms with Crippen LogP contribution in [-0.4, -0.2) is 23.6 Å². The standard InChI is InChI=1S/C13H14N2O2S/c1-8(14-10-6-7-17-13(10)16)12-15-9-4-2-3-5-11(9)18-12/h2-5,8,10,14H,6-7H2,1H3. The molecule has 1 fully saturated rings. The van der Waals surface area contributed by atoms with E-state index in [-0.39, 0.29) is 18.1 Å². The maximum atomic E-state index is 11.4. The summed E-state index contributed by atoms with van der Waals surface area (Å²) in [7, 11) is 0. The number of carbonyl (C=O) groups excluding carboxylic acids is 1. The third-order valence-corrected chi connectivity index (χ3v) is 4.29. The normalized spacial score (nSPS) is 21.2. The Bertz CT molecular complexity index is 548. The second kappa shape index (κ2) is 4.66. The summed E-state index contributed by atoms with van der Waals surface area (Å²) in [6.07, 6.45) is 0.744. The van der Waals surface area contributed by atoms with Crippen molar-refractivity contribution in [3.8, 4) is 0 Å². The number of fused-ring (bicyclic) bond motifs is 1. The van der Waals surface area contributed by atoms with Gasteiger partial charge in [-0.1, -0.05) is 12.1 Å². The Balaban J connectivity index is 1.79. The molecule has 2 unspecified atom stereocenters. The largest absolute Gasteiger partial charge is 0.464 e. The molecular weight excluding hydrogens is 248 g/mol. The van der Waals surface area contributed by atoms with E-state index in [9.17, 15) is 4.79 Å². The van der Waals surface area contributed by atoms with Crippen LogP contribution in [0.1, 0.15) is 24.4 Å². The van der Waals surface area contributed by atoms with E-state index in [2.05, 4.69) is 16.4 Å². The van der Waals surface area contributed by atoms with Crippen LogP contribution in [0.2, 0.25) is 0 Å². The fourth-order valence-electron chi connectivity index (χ4n) is 2.10.